The van der Waals surface area contributed by atoms with E-state index in [1.54, 1.807) is 6.92 Å². The molecule has 0 spiro atoms. The molecule has 1 radical (unpaired) electrons. The standard InChI is InChI=1S/C8H9O/c1-7(9)8-5-3-2-4-6-8/h2-6,9H,1H3. The number of hydrogen-bond acceptors (Lipinski definition) is 1. The Kier molecular flexibility index (Phi) is 1.85. The van der Waals surface area contributed by atoms with E-state index in [0.717, 1.165) is 5.56 Å². The van der Waals surface area contributed by atoms with Gasteiger partial charge in [0.05, 0.1) is 0 Å². The van der Waals surface area contributed by atoms with Gasteiger partial charge in [-0.3, -0.25) is 0 Å². The fourth-order valence-corrected chi connectivity index (χ4v) is 0.679. The van der Waals surface area contributed by atoms with Crippen molar-refractivity contribution in [2.75, 3.05) is 0 Å². The summed E-state index contributed by atoms with van der Waals surface area (Å²) in [5.41, 5.74) is 0.887. The Morgan fingerprint density at radius 2 is 1.78 bits per heavy atom. The zero-order chi connectivity index (χ0) is 6.69. The number of benzene rings is 1. The van der Waals surface area contributed by atoms with Crippen molar-refractivity contribution in [2.45, 2.75) is 6.92 Å². The summed E-state index contributed by atoms with van der Waals surface area (Å²) in [5, 5.41) is 8.94. The van der Waals surface area contributed by atoms with Gasteiger partial charge in [0.2, 0.25) is 0 Å². The molecule has 0 aliphatic rings. The summed E-state index contributed by atoms with van der Waals surface area (Å²) in [4.78, 5) is 0. The molecule has 0 saturated heterocycles. The van der Waals surface area contributed by atoms with E-state index >= 15 is 0 Å². The van der Waals surface area contributed by atoms with Crippen LogP contribution < -0.4 is 0 Å². The third-order valence-corrected chi connectivity index (χ3v) is 1.19. The topological polar surface area (TPSA) is 20.2 Å². The molecule has 0 fully saturated rings. The average molecular weight is 121 g/mol. The maximum absolute atomic E-state index is 8.94. The first kappa shape index (κ1) is 6.30. The van der Waals surface area contributed by atoms with E-state index in [2.05, 4.69) is 0 Å². The van der Waals surface area contributed by atoms with Crippen LogP contribution in [-0.2, 0) is 0 Å². The van der Waals surface area contributed by atoms with Crippen LogP contribution in [0.5, 0.6) is 0 Å². The second-order valence-corrected chi connectivity index (χ2v) is 1.95. The van der Waals surface area contributed by atoms with Gasteiger partial charge in [0.1, 0.15) is 6.10 Å². The molecule has 0 aliphatic heterocycles. The minimum absolute atomic E-state index is 0.371. The van der Waals surface area contributed by atoms with Crippen molar-refractivity contribution in [3.63, 3.8) is 0 Å². The minimum Gasteiger partial charge on any atom is -0.382 e. The van der Waals surface area contributed by atoms with E-state index in [9.17, 15) is 0 Å². The van der Waals surface area contributed by atoms with E-state index in [4.69, 9.17) is 5.11 Å². The average Bonchev–Trinajstić information content (AvgIpc) is 1.90. The van der Waals surface area contributed by atoms with Gasteiger partial charge in [-0.1, -0.05) is 30.3 Å². The molecular formula is C8H9O. The highest BCUT2D eigenvalue weighted by molar-refractivity contribution is 5.24. The van der Waals surface area contributed by atoms with Gasteiger partial charge in [0, 0.05) is 0 Å². The maximum Gasteiger partial charge on any atom is 0.119 e. The SMILES string of the molecule is C[C](O)c1ccccc1. The van der Waals surface area contributed by atoms with Crippen molar-refractivity contribution >= 4 is 0 Å². The molecule has 1 aromatic carbocycles. The fraction of sp³-hybridized carbons (Fsp3) is 0.125. The van der Waals surface area contributed by atoms with Crippen molar-refractivity contribution in [1.29, 1.82) is 0 Å². The van der Waals surface area contributed by atoms with Gasteiger partial charge in [-0.05, 0) is 12.5 Å². The van der Waals surface area contributed by atoms with E-state index in [-0.39, 0.29) is 0 Å². The molecule has 9 heavy (non-hydrogen) atoms. The van der Waals surface area contributed by atoms with Gasteiger partial charge in [-0.2, -0.15) is 0 Å². The minimum atomic E-state index is 0.371. The molecule has 1 N–H and O–H groups in total. The van der Waals surface area contributed by atoms with Gasteiger partial charge in [0.15, 0.2) is 0 Å². The normalized spacial score (nSPS) is 10.1. The molecule has 47 valence electrons. The van der Waals surface area contributed by atoms with Crippen LogP contribution in [0.4, 0.5) is 0 Å². The maximum atomic E-state index is 8.94. The molecule has 0 bridgehead atoms. The Hall–Kier alpha value is -0.820. The summed E-state index contributed by atoms with van der Waals surface area (Å²) >= 11 is 0. The molecule has 0 aromatic heterocycles. The molecule has 1 rings (SSSR count). The molecule has 0 unspecified atom stereocenters. The van der Waals surface area contributed by atoms with Crippen LogP contribution in [0.1, 0.15) is 12.5 Å². The number of rotatable bonds is 1. The van der Waals surface area contributed by atoms with Gasteiger partial charge in [0.25, 0.3) is 0 Å². The Morgan fingerprint density at radius 1 is 1.22 bits per heavy atom. The summed E-state index contributed by atoms with van der Waals surface area (Å²) in [7, 11) is 0. The summed E-state index contributed by atoms with van der Waals surface area (Å²) in [5.74, 6) is 0. The van der Waals surface area contributed by atoms with Gasteiger partial charge in [-0.25, -0.2) is 0 Å². The predicted octanol–water partition coefficient (Wildman–Crippen LogP) is 1.96. The van der Waals surface area contributed by atoms with Crippen LogP contribution in [0.2, 0.25) is 0 Å². The lowest BCUT2D eigenvalue weighted by Crippen LogP contribution is -1.89. The highest BCUT2D eigenvalue weighted by Gasteiger charge is 1.96. The first-order chi connectivity index (χ1) is 4.30. The fourth-order valence-electron chi connectivity index (χ4n) is 0.679. The van der Waals surface area contributed by atoms with Crippen molar-refractivity contribution in [3.05, 3.63) is 42.0 Å². The molecule has 1 aromatic rings. The summed E-state index contributed by atoms with van der Waals surface area (Å²) < 4.78 is 0. The second-order valence-electron chi connectivity index (χ2n) is 1.95. The van der Waals surface area contributed by atoms with Crippen molar-refractivity contribution in [3.8, 4) is 0 Å². The van der Waals surface area contributed by atoms with E-state index < -0.39 is 0 Å². The second kappa shape index (κ2) is 2.65. The lowest BCUT2D eigenvalue weighted by atomic mass is 10.1. The molecule has 0 atom stereocenters. The molecule has 0 aliphatic carbocycles. The lowest BCUT2D eigenvalue weighted by Gasteiger charge is -1.99. The lowest BCUT2D eigenvalue weighted by molar-refractivity contribution is 0.341. The highest BCUT2D eigenvalue weighted by atomic mass is 16.3. The molecule has 0 heterocycles. The smallest absolute Gasteiger partial charge is 0.119 e. The monoisotopic (exact) mass is 121 g/mol. The summed E-state index contributed by atoms with van der Waals surface area (Å²) in [6, 6.07) is 9.46. The van der Waals surface area contributed by atoms with E-state index in [1.165, 1.54) is 0 Å². The quantitative estimate of drug-likeness (QED) is 0.602. The van der Waals surface area contributed by atoms with Crippen LogP contribution in [-0.4, -0.2) is 5.11 Å². The zero-order valence-electron chi connectivity index (χ0n) is 5.33. The Bertz CT molecular complexity index is 167. The number of hydrogen-bond donors (Lipinski definition) is 1. The molecule has 0 saturated carbocycles. The molecular weight excluding hydrogens is 112 g/mol. The van der Waals surface area contributed by atoms with Gasteiger partial charge in [-0.15, -0.1) is 0 Å². The molecule has 0 amide bonds. The van der Waals surface area contributed by atoms with Crippen molar-refractivity contribution in [2.24, 2.45) is 0 Å². The van der Waals surface area contributed by atoms with Crippen LogP contribution in [0.3, 0.4) is 0 Å². The Balaban J connectivity index is 2.85. The first-order valence-corrected chi connectivity index (χ1v) is 2.88. The van der Waals surface area contributed by atoms with Gasteiger partial charge < -0.3 is 5.11 Å². The third-order valence-electron chi connectivity index (χ3n) is 1.19. The van der Waals surface area contributed by atoms with Gasteiger partial charge >= 0.3 is 0 Å². The van der Waals surface area contributed by atoms with E-state index in [0.29, 0.717) is 6.10 Å². The summed E-state index contributed by atoms with van der Waals surface area (Å²) in [6.07, 6.45) is 0.371. The zero-order valence-corrected chi connectivity index (χ0v) is 5.33. The Labute approximate surface area is 55.0 Å². The van der Waals surface area contributed by atoms with Crippen LogP contribution in [0.25, 0.3) is 0 Å². The third kappa shape index (κ3) is 1.54. The van der Waals surface area contributed by atoms with Crippen LogP contribution >= 0.6 is 0 Å². The predicted molar refractivity (Wildman–Crippen MR) is 36.4 cm³/mol. The number of aliphatic hydroxyl groups excluding tert-OH is 1. The highest BCUT2D eigenvalue weighted by Crippen LogP contribution is 2.07. The molecule has 1 nitrogen and oxygen atoms in total. The van der Waals surface area contributed by atoms with Crippen molar-refractivity contribution < 1.29 is 5.11 Å². The van der Waals surface area contributed by atoms with E-state index in [1.807, 2.05) is 30.3 Å². The first-order valence-electron chi connectivity index (χ1n) is 2.88. The number of aliphatic hydroxyl groups is 1. The largest absolute Gasteiger partial charge is 0.382 e. The summed E-state index contributed by atoms with van der Waals surface area (Å²) in [6.45, 7) is 1.68. The van der Waals surface area contributed by atoms with Crippen molar-refractivity contribution in [1.82, 2.24) is 0 Å². The van der Waals surface area contributed by atoms with Crippen LogP contribution in [0, 0.1) is 6.10 Å². The van der Waals surface area contributed by atoms with Crippen LogP contribution in [0.15, 0.2) is 30.3 Å². The molecule has 1 heteroatoms. The Morgan fingerprint density at radius 3 is 2.11 bits per heavy atom.